The smallest absolute Gasteiger partial charge is 0.123 e. The SMILES string of the molecule is COc1ccc(OC)c(CN(CCO)Cc2cccc3[nH]ccc23)c1. The maximum Gasteiger partial charge on any atom is 0.123 e. The summed E-state index contributed by atoms with van der Waals surface area (Å²) >= 11 is 0. The maximum atomic E-state index is 9.49. The number of hydrogen-bond acceptors (Lipinski definition) is 4. The summed E-state index contributed by atoms with van der Waals surface area (Å²) in [5, 5.41) is 10.7. The minimum absolute atomic E-state index is 0.107. The fourth-order valence-corrected chi connectivity index (χ4v) is 3.13. The lowest BCUT2D eigenvalue weighted by Gasteiger charge is -2.23. The molecule has 132 valence electrons. The van der Waals surface area contributed by atoms with Gasteiger partial charge < -0.3 is 19.6 Å². The van der Waals surface area contributed by atoms with Gasteiger partial charge in [0.1, 0.15) is 11.5 Å². The Morgan fingerprint density at radius 2 is 1.84 bits per heavy atom. The number of aromatic nitrogens is 1. The van der Waals surface area contributed by atoms with Crippen molar-refractivity contribution in [3.05, 3.63) is 59.8 Å². The Bertz CT molecular complexity index is 829. The summed E-state index contributed by atoms with van der Waals surface area (Å²) in [5.74, 6) is 1.62. The van der Waals surface area contributed by atoms with E-state index in [-0.39, 0.29) is 6.61 Å². The Balaban J connectivity index is 1.85. The van der Waals surface area contributed by atoms with Crippen LogP contribution in [0.2, 0.25) is 0 Å². The third-order valence-electron chi connectivity index (χ3n) is 4.38. The number of aliphatic hydroxyl groups is 1. The van der Waals surface area contributed by atoms with E-state index in [1.165, 1.54) is 10.9 Å². The average Bonchev–Trinajstić information content (AvgIpc) is 3.11. The topological polar surface area (TPSA) is 57.7 Å². The molecule has 2 aromatic carbocycles. The van der Waals surface area contributed by atoms with E-state index in [0.717, 1.165) is 29.1 Å². The molecule has 2 N–H and O–H groups in total. The lowest BCUT2D eigenvalue weighted by Crippen LogP contribution is -2.26. The molecule has 1 heterocycles. The summed E-state index contributed by atoms with van der Waals surface area (Å²) < 4.78 is 10.8. The highest BCUT2D eigenvalue weighted by Crippen LogP contribution is 2.26. The first-order valence-corrected chi connectivity index (χ1v) is 8.34. The van der Waals surface area contributed by atoms with Crippen LogP contribution in [-0.4, -0.2) is 42.4 Å². The standard InChI is InChI=1S/C20H24N2O3/c1-24-17-6-7-20(25-2)16(12-17)14-22(10-11-23)13-15-4-3-5-19-18(15)8-9-21-19/h3-9,12,21,23H,10-11,13-14H2,1-2H3. The van der Waals surface area contributed by atoms with E-state index in [0.29, 0.717) is 13.1 Å². The lowest BCUT2D eigenvalue weighted by atomic mass is 10.1. The van der Waals surface area contributed by atoms with Crippen LogP contribution in [0, 0.1) is 0 Å². The highest BCUT2D eigenvalue weighted by Gasteiger charge is 2.13. The van der Waals surface area contributed by atoms with E-state index in [4.69, 9.17) is 9.47 Å². The van der Waals surface area contributed by atoms with Crippen LogP contribution >= 0.6 is 0 Å². The van der Waals surface area contributed by atoms with Gasteiger partial charge in [-0.05, 0) is 35.9 Å². The number of hydrogen-bond donors (Lipinski definition) is 2. The summed E-state index contributed by atoms with van der Waals surface area (Å²) in [6.07, 6.45) is 1.95. The van der Waals surface area contributed by atoms with Crippen LogP contribution in [0.1, 0.15) is 11.1 Å². The van der Waals surface area contributed by atoms with Crippen molar-refractivity contribution in [1.82, 2.24) is 9.88 Å². The van der Waals surface area contributed by atoms with Crippen LogP contribution in [0.3, 0.4) is 0 Å². The van der Waals surface area contributed by atoms with Gasteiger partial charge in [0, 0.05) is 42.3 Å². The maximum absolute atomic E-state index is 9.49. The molecular weight excluding hydrogens is 316 g/mol. The molecule has 0 saturated carbocycles. The molecule has 3 rings (SSSR count). The van der Waals surface area contributed by atoms with Crippen LogP contribution in [-0.2, 0) is 13.1 Å². The average molecular weight is 340 g/mol. The number of methoxy groups -OCH3 is 2. The molecule has 0 atom stereocenters. The van der Waals surface area contributed by atoms with Crippen LogP contribution in [0.4, 0.5) is 0 Å². The summed E-state index contributed by atoms with van der Waals surface area (Å²) in [6, 6.07) is 14.1. The molecule has 0 radical (unpaired) electrons. The number of benzene rings is 2. The zero-order chi connectivity index (χ0) is 17.6. The molecule has 0 aliphatic heterocycles. The Morgan fingerprint density at radius 1 is 1.00 bits per heavy atom. The zero-order valence-electron chi connectivity index (χ0n) is 14.7. The molecule has 0 aliphatic rings. The largest absolute Gasteiger partial charge is 0.497 e. The number of fused-ring (bicyclic) bond motifs is 1. The molecule has 5 heteroatoms. The van der Waals surface area contributed by atoms with E-state index in [2.05, 4.69) is 34.1 Å². The van der Waals surface area contributed by atoms with Crippen molar-refractivity contribution < 1.29 is 14.6 Å². The Morgan fingerprint density at radius 3 is 2.60 bits per heavy atom. The lowest BCUT2D eigenvalue weighted by molar-refractivity contribution is 0.183. The molecule has 0 fully saturated rings. The Hall–Kier alpha value is -2.50. The van der Waals surface area contributed by atoms with Crippen molar-refractivity contribution in [1.29, 1.82) is 0 Å². The number of aliphatic hydroxyl groups excluding tert-OH is 1. The van der Waals surface area contributed by atoms with Gasteiger partial charge in [-0.1, -0.05) is 12.1 Å². The van der Waals surface area contributed by atoms with Crippen molar-refractivity contribution in [3.8, 4) is 11.5 Å². The summed E-state index contributed by atoms with van der Waals surface area (Å²) in [5.41, 5.74) is 3.39. The number of nitrogens with zero attached hydrogens (tertiary/aromatic N) is 1. The second-order valence-electron chi connectivity index (χ2n) is 5.97. The molecule has 0 amide bonds. The molecular formula is C20H24N2O3. The fourth-order valence-electron chi connectivity index (χ4n) is 3.13. The molecule has 25 heavy (non-hydrogen) atoms. The van der Waals surface area contributed by atoms with Crippen molar-refractivity contribution in [2.45, 2.75) is 13.1 Å². The Kier molecular flexibility index (Phi) is 5.58. The molecule has 0 spiro atoms. The molecule has 3 aromatic rings. The van der Waals surface area contributed by atoms with Gasteiger partial charge >= 0.3 is 0 Å². The number of rotatable bonds is 8. The van der Waals surface area contributed by atoms with Gasteiger partial charge in [0.25, 0.3) is 0 Å². The van der Waals surface area contributed by atoms with E-state index in [1.807, 2.05) is 24.4 Å². The minimum Gasteiger partial charge on any atom is -0.497 e. The van der Waals surface area contributed by atoms with Gasteiger partial charge in [0.15, 0.2) is 0 Å². The van der Waals surface area contributed by atoms with E-state index in [1.54, 1.807) is 14.2 Å². The van der Waals surface area contributed by atoms with Crippen molar-refractivity contribution in [3.63, 3.8) is 0 Å². The molecule has 5 nitrogen and oxygen atoms in total. The normalized spacial score (nSPS) is 11.2. The first-order chi connectivity index (χ1) is 12.2. The molecule has 1 aromatic heterocycles. The number of nitrogens with one attached hydrogen (secondary N) is 1. The molecule has 0 unspecified atom stereocenters. The van der Waals surface area contributed by atoms with Gasteiger partial charge in [-0.3, -0.25) is 4.90 Å². The zero-order valence-corrected chi connectivity index (χ0v) is 14.7. The monoisotopic (exact) mass is 340 g/mol. The summed E-state index contributed by atoms with van der Waals surface area (Å²) in [4.78, 5) is 5.45. The van der Waals surface area contributed by atoms with Crippen LogP contribution in [0.5, 0.6) is 11.5 Å². The fraction of sp³-hybridized carbons (Fsp3) is 0.300. The van der Waals surface area contributed by atoms with Gasteiger partial charge in [-0.15, -0.1) is 0 Å². The minimum atomic E-state index is 0.107. The van der Waals surface area contributed by atoms with Crippen molar-refractivity contribution >= 4 is 10.9 Å². The van der Waals surface area contributed by atoms with Crippen molar-refractivity contribution in [2.75, 3.05) is 27.4 Å². The highest BCUT2D eigenvalue weighted by atomic mass is 16.5. The third-order valence-corrected chi connectivity index (χ3v) is 4.38. The number of aromatic amines is 1. The van der Waals surface area contributed by atoms with Gasteiger partial charge in [-0.25, -0.2) is 0 Å². The second kappa shape index (κ2) is 8.05. The summed E-state index contributed by atoms with van der Waals surface area (Å²) in [7, 11) is 3.33. The van der Waals surface area contributed by atoms with Gasteiger partial charge in [0.05, 0.1) is 20.8 Å². The summed E-state index contributed by atoms with van der Waals surface area (Å²) in [6.45, 7) is 2.11. The van der Waals surface area contributed by atoms with Crippen LogP contribution in [0.15, 0.2) is 48.7 Å². The Labute approximate surface area is 147 Å². The molecule has 0 saturated heterocycles. The second-order valence-corrected chi connectivity index (χ2v) is 5.97. The third kappa shape index (κ3) is 3.95. The predicted octanol–water partition coefficient (Wildman–Crippen LogP) is 3.18. The van der Waals surface area contributed by atoms with E-state index >= 15 is 0 Å². The predicted molar refractivity (Wildman–Crippen MR) is 99.0 cm³/mol. The molecule has 0 bridgehead atoms. The molecule has 0 aliphatic carbocycles. The van der Waals surface area contributed by atoms with E-state index < -0.39 is 0 Å². The van der Waals surface area contributed by atoms with Crippen molar-refractivity contribution in [2.24, 2.45) is 0 Å². The first kappa shape index (κ1) is 17.3. The first-order valence-electron chi connectivity index (χ1n) is 8.34. The number of H-pyrrole nitrogens is 1. The highest BCUT2D eigenvalue weighted by molar-refractivity contribution is 5.82. The van der Waals surface area contributed by atoms with E-state index in [9.17, 15) is 5.11 Å². The van der Waals surface area contributed by atoms with Crippen LogP contribution < -0.4 is 9.47 Å². The quantitative estimate of drug-likeness (QED) is 0.661. The van der Waals surface area contributed by atoms with Crippen LogP contribution in [0.25, 0.3) is 10.9 Å². The number of ether oxygens (including phenoxy) is 2. The van der Waals surface area contributed by atoms with Gasteiger partial charge in [0.2, 0.25) is 0 Å². The van der Waals surface area contributed by atoms with Gasteiger partial charge in [-0.2, -0.15) is 0 Å².